The summed E-state index contributed by atoms with van der Waals surface area (Å²) in [7, 11) is 0. The second-order valence-corrected chi connectivity index (χ2v) is 6.10. The molecule has 1 aliphatic heterocycles. The third kappa shape index (κ3) is 4.55. The summed E-state index contributed by atoms with van der Waals surface area (Å²) >= 11 is 0. The zero-order chi connectivity index (χ0) is 19.2. The van der Waals surface area contributed by atoms with Crippen LogP contribution in [0.1, 0.15) is 15.9 Å². The third-order valence-electron chi connectivity index (χ3n) is 4.21. The van der Waals surface area contributed by atoms with Crippen LogP contribution >= 0.6 is 0 Å². The van der Waals surface area contributed by atoms with E-state index in [1.807, 2.05) is 6.07 Å². The number of carbonyl (C=O) groups is 2. The maximum absolute atomic E-state index is 12.3. The van der Waals surface area contributed by atoms with E-state index in [0.717, 1.165) is 6.21 Å². The molecule has 0 radical (unpaired) electrons. The second kappa shape index (κ2) is 8.22. The Morgan fingerprint density at radius 2 is 2.15 bits per heavy atom. The van der Waals surface area contributed by atoms with E-state index in [1.165, 1.54) is 12.1 Å². The van der Waals surface area contributed by atoms with E-state index in [4.69, 9.17) is 5.41 Å². The lowest BCUT2D eigenvalue weighted by molar-refractivity contribution is 0.0950. The second-order valence-electron chi connectivity index (χ2n) is 6.10. The van der Waals surface area contributed by atoms with Gasteiger partial charge in [0.1, 0.15) is 5.75 Å². The smallest absolute Gasteiger partial charge is 0.317 e. The van der Waals surface area contributed by atoms with E-state index >= 15 is 0 Å². The van der Waals surface area contributed by atoms with Crippen molar-refractivity contribution in [2.75, 3.05) is 31.5 Å². The van der Waals surface area contributed by atoms with E-state index in [2.05, 4.69) is 16.0 Å². The van der Waals surface area contributed by atoms with Crippen LogP contribution in [0.15, 0.2) is 42.5 Å². The molecule has 2 aromatic rings. The van der Waals surface area contributed by atoms with Crippen molar-refractivity contribution in [1.82, 2.24) is 15.5 Å². The van der Waals surface area contributed by atoms with Gasteiger partial charge in [0.15, 0.2) is 0 Å². The Morgan fingerprint density at radius 1 is 1.30 bits per heavy atom. The van der Waals surface area contributed by atoms with Crippen molar-refractivity contribution in [1.29, 1.82) is 5.41 Å². The van der Waals surface area contributed by atoms with Gasteiger partial charge in [0.25, 0.3) is 5.91 Å². The van der Waals surface area contributed by atoms with E-state index in [-0.39, 0.29) is 17.7 Å². The first-order valence-electron chi connectivity index (χ1n) is 8.58. The van der Waals surface area contributed by atoms with Gasteiger partial charge in [-0.3, -0.25) is 4.79 Å². The van der Waals surface area contributed by atoms with Gasteiger partial charge in [-0.15, -0.1) is 0 Å². The molecular weight excluding hydrogens is 346 g/mol. The van der Waals surface area contributed by atoms with E-state index < -0.39 is 0 Å². The van der Waals surface area contributed by atoms with Crippen LogP contribution in [0, 0.1) is 5.41 Å². The van der Waals surface area contributed by atoms with Gasteiger partial charge in [-0.2, -0.15) is 0 Å². The normalized spacial score (nSPS) is 13.2. The molecule has 3 rings (SSSR count). The fourth-order valence-electron chi connectivity index (χ4n) is 2.81. The molecule has 3 amide bonds. The van der Waals surface area contributed by atoms with Gasteiger partial charge in [-0.25, -0.2) is 4.79 Å². The van der Waals surface area contributed by atoms with Crippen LogP contribution < -0.4 is 16.0 Å². The summed E-state index contributed by atoms with van der Waals surface area (Å²) in [4.78, 5) is 25.5. The fraction of sp³-hybridized carbons (Fsp3) is 0.211. The number of rotatable bonds is 7. The number of hydrogen-bond donors (Lipinski definition) is 5. The average Bonchev–Trinajstić information content (AvgIpc) is 3.08. The number of urea groups is 1. The number of carbonyl (C=O) groups excluding carboxylic acids is 2. The highest BCUT2D eigenvalue weighted by atomic mass is 16.3. The van der Waals surface area contributed by atoms with Gasteiger partial charge in [-0.05, 0) is 36.4 Å². The number of benzene rings is 2. The van der Waals surface area contributed by atoms with Crippen LogP contribution in [0.3, 0.4) is 0 Å². The maximum atomic E-state index is 12.3. The highest BCUT2D eigenvalue weighted by molar-refractivity contribution is 5.95. The monoisotopic (exact) mass is 367 g/mol. The van der Waals surface area contributed by atoms with Crippen LogP contribution in [0.4, 0.5) is 16.2 Å². The minimum Gasteiger partial charge on any atom is -0.508 e. The molecule has 0 bridgehead atoms. The number of phenols is 1. The molecule has 5 N–H and O–H groups in total. The molecule has 1 saturated heterocycles. The highest BCUT2D eigenvalue weighted by Crippen LogP contribution is 2.24. The lowest BCUT2D eigenvalue weighted by atomic mass is 10.1. The first kappa shape index (κ1) is 18.2. The van der Waals surface area contributed by atoms with Crippen molar-refractivity contribution in [3.05, 3.63) is 53.6 Å². The van der Waals surface area contributed by atoms with Gasteiger partial charge < -0.3 is 31.4 Å². The third-order valence-corrected chi connectivity index (χ3v) is 4.21. The first-order chi connectivity index (χ1) is 13.1. The largest absolute Gasteiger partial charge is 0.508 e. The van der Waals surface area contributed by atoms with Crippen LogP contribution in [0.2, 0.25) is 0 Å². The van der Waals surface area contributed by atoms with Crippen molar-refractivity contribution in [3.8, 4) is 5.75 Å². The quantitative estimate of drug-likeness (QED) is 0.379. The first-order valence-corrected chi connectivity index (χ1v) is 8.58. The molecule has 8 nitrogen and oxygen atoms in total. The molecule has 1 aliphatic rings. The van der Waals surface area contributed by atoms with Gasteiger partial charge in [-0.1, -0.05) is 6.07 Å². The number of nitrogens with one attached hydrogen (secondary N) is 4. The molecule has 0 spiro atoms. The minimum atomic E-state index is -0.226. The van der Waals surface area contributed by atoms with Gasteiger partial charge >= 0.3 is 6.03 Å². The van der Waals surface area contributed by atoms with Crippen LogP contribution in [0.5, 0.6) is 5.75 Å². The summed E-state index contributed by atoms with van der Waals surface area (Å²) in [6.07, 6.45) is 1.15. The molecule has 0 aliphatic carbocycles. The fourth-order valence-corrected chi connectivity index (χ4v) is 2.81. The van der Waals surface area contributed by atoms with Crippen LogP contribution in [-0.2, 0) is 0 Å². The number of nitrogens with zero attached hydrogens (tertiary/aromatic N) is 1. The molecule has 0 aromatic heterocycles. The van der Waals surface area contributed by atoms with E-state index in [0.29, 0.717) is 48.7 Å². The molecule has 2 aromatic carbocycles. The topological polar surface area (TPSA) is 118 Å². The summed E-state index contributed by atoms with van der Waals surface area (Å²) < 4.78 is 0. The molecule has 8 heteroatoms. The molecule has 0 saturated carbocycles. The number of phenolic OH excluding ortho intramolecular Hbond substituents is 1. The van der Waals surface area contributed by atoms with Crippen LogP contribution in [-0.4, -0.2) is 54.3 Å². The lowest BCUT2D eigenvalue weighted by Crippen LogP contribution is -2.36. The summed E-state index contributed by atoms with van der Waals surface area (Å²) in [6, 6.07) is 11.6. The zero-order valence-electron chi connectivity index (χ0n) is 14.7. The molecule has 27 heavy (non-hydrogen) atoms. The van der Waals surface area contributed by atoms with Crippen molar-refractivity contribution in [2.45, 2.75) is 0 Å². The molecular formula is C19H21N5O3. The van der Waals surface area contributed by atoms with Crippen molar-refractivity contribution >= 4 is 29.5 Å². The van der Waals surface area contributed by atoms with Crippen molar-refractivity contribution in [3.63, 3.8) is 0 Å². The summed E-state index contributed by atoms with van der Waals surface area (Å²) in [6.45, 7) is 2.12. The Hall–Kier alpha value is -3.55. The zero-order valence-corrected chi connectivity index (χ0v) is 14.7. The lowest BCUT2D eigenvalue weighted by Gasteiger charge is -2.14. The predicted octanol–water partition coefficient (Wildman–Crippen LogP) is 1.89. The summed E-state index contributed by atoms with van der Waals surface area (Å²) in [5.41, 5.74) is 2.37. The number of amides is 3. The van der Waals surface area contributed by atoms with Gasteiger partial charge in [0.2, 0.25) is 0 Å². The maximum Gasteiger partial charge on any atom is 0.317 e. The van der Waals surface area contributed by atoms with Crippen LogP contribution in [0.25, 0.3) is 0 Å². The molecule has 140 valence electrons. The Labute approximate surface area is 156 Å². The number of anilines is 2. The number of hydrogen-bond acceptors (Lipinski definition) is 5. The highest BCUT2D eigenvalue weighted by Gasteiger charge is 2.18. The average molecular weight is 367 g/mol. The van der Waals surface area contributed by atoms with Gasteiger partial charge in [0, 0.05) is 54.9 Å². The Morgan fingerprint density at radius 3 is 2.89 bits per heavy atom. The number of aromatic hydroxyl groups is 1. The van der Waals surface area contributed by atoms with Gasteiger partial charge in [0.05, 0.1) is 0 Å². The molecule has 1 fully saturated rings. The molecule has 0 atom stereocenters. The Balaban J connectivity index is 1.62. The predicted molar refractivity (Wildman–Crippen MR) is 103 cm³/mol. The van der Waals surface area contributed by atoms with E-state index in [1.54, 1.807) is 29.2 Å². The van der Waals surface area contributed by atoms with Crippen molar-refractivity contribution in [2.24, 2.45) is 0 Å². The standard InChI is InChI=1S/C19H21N5O3/c20-12-14-11-16(25)4-5-17(14)23-15-3-1-2-13(10-15)18(26)21-6-8-24-9-7-22-19(24)27/h1-5,10-12,20,23,25H,6-9H2,(H,21,26)(H,22,27). The Kier molecular flexibility index (Phi) is 5.55. The summed E-state index contributed by atoms with van der Waals surface area (Å²) in [5, 5.41) is 25.6. The summed E-state index contributed by atoms with van der Waals surface area (Å²) in [5.74, 6) is -0.143. The van der Waals surface area contributed by atoms with Crippen molar-refractivity contribution < 1.29 is 14.7 Å². The molecule has 1 heterocycles. The van der Waals surface area contributed by atoms with E-state index in [9.17, 15) is 14.7 Å². The Bertz CT molecular complexity index is 868. The SMILES string of the molecule is N=Cc1cc(O)ccc1Nc1cccc(C(=O)NCCN2CCNC2=O)c1. The minimum absolute atomic E-state index is 0.0823. The molecule has 0 unspecified atom stereocenters.